The number of amides is 2. The average Bonchev–Trinajstić information content (AvgIpc) is 3.28. The number of piperazine rings is 1. The first-order valence-corrected chi connectivity index (χ1v) is 13.1. The maximum absolute atomic E-state index is 12.8. The minimum Gasteiger partial charge on any atom is -0.449 e. The van der Waals surface area contributed by atoms with Crippen molar-refractivity contribution >= 4 is 27.8 Å². The summed E-state index contributed by atoms with van der Waals surface area (Å²) in [6.45, 7) is 3.55. The average molecular weight is 500 g/mol. The van der Waals surface area contributed by atoms with E-state index in [2.05, 4.69) is 0 Å². The van der Waals surface area contributed by atoms with E-state index in [1.807, 2.05) is 0 Å². The summed E-state index contributed by atoms with van der Waals surface area (Å²) in [5.41, 5.74) is 1.24. The fourth-order valence-electron chi connectivity index (χ4n) is 4.26. The normalized spacial score (nSPS) is 17.9. The van der Waals surface area contributed by atoms with Crippen LogP contribution in [0.3, 0.4) is 0 Å². The molecule has 2 heterocycles. The Morgan fingerprint density at radius 2 is 1.60 bits per heavy atom. The lowest BCUT2D eigenvalue weighted by atomic mass is 10.1. The molecule has 10 heteroatoms. The Hall–Kier alpha value is -3.24. The van der Waals surface area contributed by atoms with Crippen molar-refractivity contribution in [2.24, 2.45) is 0 Å². The van der Waals surface area contributed by atoms with Gasteiger partial charge in [0.25, 0.3) is 5.91 Å². The Bertz CT molecular complexity index is 1180. The molecule has 4 rings (SSSR count). The minimum atomic E-state index is -3.61. The summed E-state index contributed by atoms with van der Waals surface area (Å²) in [4.78, 5) is 40.7. The molecule has 0 radical (unpaired) electrons. The maximum atomic E-state index is 12.8. The molecule has 0 aromatic heterocycles. The quantitative estimate of drug-likeness (QED) is 0.539. The van der Waals surface area contributed by atoms with Crippen LogP contribution in [0.4, 0.5) is 0 Å². The molecule has 1 unspecified atom stereocenters. The molecule has 0 N–H and O–H groups in total. The lowest BCUT2D eigenvalue weighted by Gasteiger charge is -2.35. The first kappa shape index (κ1) is 24.9. The minimum absolute atomic E-state index is 0.138. The Labute approximate surface area is 205 Å². The topological polar surface area (TPSA) is 104 Å². The summed E-state index contributed by atoms with van der Waals surface area (Å²) in [5.74, 6) is -0.835. The van der Waals surface area contributed by atoms with Crippen LogP contribution in [0.25, 0.3) is 0 Å². The second-order valence-electron chi connectivity index (χ2n) is 8.71. The van der Waals surface area contributed by atoms with E-state index in [0.717, 1.165) is 18.5 Å². The van der Waals surface area contributed by atoms with Crippen molar-refractivity contribution in [2.75, 3.05) is 32.7 Å². The van der Waals surface area contributed by atoms with E-state index in [1.54, 1.807) is 59.5 Å². The summed E-state index contributed by atoms with van der Waals surface area (Å²) in [5, 5.41) is 0. The number of likely N-dealkylation sites (tertiary alicyclic amines) is 1. The van der Waals surface area contributed by atoms with Crippen LogP contribution in [0.5, 0.6) is 0 Å². The first-order valence-electron chi connectivity index (χ1n) is 11.7. The number of nitrogens with zero attached hydrogens (tertiary/aromatic N) is 3. The van der Waals surface area contributed by atoms with Crippen molar-refractivity contribution in [1.82, 2.24) is 14.1 Å². The van der Waals surface area contributed by atoms with Crippen LogP contribution < -0.4 is 0 Å². The highest BCUT2D eigenvalue weighted by Crippen LogP contribution is 2.19. The van der Waals surface area contributed by atoms with E-state index in [9.17, 15) is 22.8 Å². The number of carbonyl (C=O) groups is 3. The Morgan fingerprint density at radius 1 is 0.943 bits per heavy atom. The summed E-state index contributed by atoms with van der Waals surface area (Å²) in [6.07, 6.45) is 0.447. The zero-order valence-electron chi connectivity index (χ0n) is 19.6. The second-order valence-corrected chi connectivity index (χ2v) is 10.6. The number of hydrogen-bond donors (Lipinski definition) is 0. The van der Waals surface area contributed by atoms with Crippen LogP contribution in [0, 0.1) is 0 Å². The maximum Gasteiger partial charge on any atom is 0.338 e. The van der Waals surface area contributed by atoms with Crippen LogP contribution in [0.1, 0.15) is 35.7 Å². The highest BCUT2D eigenvalue weighted by atomic mass is 32.2. The molecule has 2 fully saturated rings. The largest absolute Gasteiger partial charge is 0.449 e. The molecule has 2 amide bonds. The van der Waals surface area contributed by atoms with Crippen LogP contribution in [0.2, 0.25) is 0 Å². The monoisotopic (exact) mass is 499 g/mol. The van der Waals surface area contributed by atoms with Crippen LogP contribution in [0.15, 0.2) is 59.5 Å². The number of benzene rings is 2. The molecule has 186 valence electrons. The Balaban J connectivity index is 1.28. The van der Waals surface area contributed by atoms with E-state index >= 15 is 0 Å². The molecule has 2 aromatic carbocycles. The van der Waals surface area contributed by atoms with Crippen molar-refractivity contribution in [3.05, 3.63) is 65.7 Å². The summed E-state index contributed by atoms with van der Waals surface area (Å²) in [7, 11) is -3.61. The van der Waals surface area contributed by atoms with Gasteiger partial charge in [-0.3, -0.25) is 9.59 Å². The van der Waals surface area contributed by atoms with Crippen LogP contribution in [-0.4, -0.2) is 79.1 Å². The van der Waals surface area contributed by atoms with Gasteiger partial charge in [-0.1, -0.05) is 30.3 Å². The molecular weight excluding hydrogens is 470 g/mol. The molecule has 2 aliphatic rings. The number of sulfonamides is 1. The van der Waals surface area contributed by atoms with Gasteiger partial charge in [0.2, 0.25) is 15.9 Å². The number of hydrogen-bond acceptors (Lipinski definition) is 6. The highest BCUT2D eigenvalue weighted by Gasteiger charge is 2.32. The molecule has 2 aliphatic heterocycles. The number of esters is 1. The summed E-state index contributed by atoms with van der Waals surface area (Å²) < 4.78 is 32.3. The van der Waals surface area contributed by atoms with Crippen molar-refractivity contribution in [2.45, 2.75) is 37.3 Å². The van der Waals surface area contributed by atoms with Gasteiger partial charge in [-0.25, -0.2) is 13.2 Å². The fourth-order valence-corrected chi connectivity index (χ4v) is 5.71. The van der Waals surface area contributed by atoms with E-state index in [4.69, 9.17) is 4.74 Å². The molecule has 9 nitrogen and oxygen atoms in total. The molecule has 0 saturated carbocycles. The van der Waals surface area contributed by atoms with Crippen LogP contribution in [-0.2, 0) is 30.9 Å². The van der Waals surface area contributed by atoms with Gasteiger partial charge in [0.1, 0.15) is 0 Å². The van der Waals surface area contributed by atoms with Gasteiger partial charge < -0.3 is 14.5 Å². The lowest BCUT2D eigenvalue weighted by molar-refractivity contribution is -0.141. The number of carbonyl (C=O) groups excluding carboxylic acids is 3. The predicted molar refractivity (Wildman–Crippen MR) is 128 cm³/mol. The van der Waals surface area contributed by atoms with Crippen molar-refractivity contribution in [3.63, 3.8) is 0 Å². The van der Waals surface area contributed by atoms with E-state index in [1.165, 1.54) is 16.1 Å². The third-order valence-electron chi connectivity index (χ3n) is 6.30. The van der Waals surface area contributed by atoms with E-state index in [-0.39, 0.29) is 42.9 Å². The Kier molecular flexibility index (Phi) is 7.51. The lowest BCUT2D eigenvalue weighted by Crippen LogP contribution is -2.52. The Morgan fingerprint density at radius 3 is 2.20 bits per heavy atom. The molecule has 1 atom stereocenters. The smallest absolute Gasteiger partial charge is 0.338 e. The third kappa shape index (κ3) is 5.71. The molecule has 2 aromatic rings. The van der Waals surface area contributed by atoms with Crippen molar-refractivity contribution in [1.29, 1.82) is 0 Å². The number of rotatable bonds is 7. The molecule has 0 aliphatic carbocycles. The van der Waals surface area contributed by atoms with Crippen LogP contribution >= 0.6 is 0 Å². The molecule has 35 heavy (non-hydrogen) atoms. The van der Waals surface area contributed by atoms with Gasteiger partial charge >= 0.3 is 5.97 Å². The van der Waals surface area contributed by atoms with Gasteiger partial charge in [0, 0.05) is 45.7 Å². The standard InChI is InChI=1S/C25H29N3O6S/c1-19(34-25(31)21-11-9-20(10-12-21)18-27-13-5-8-23(27)29)24(30)26-14-16-28(17-15-26)35(32,33)22-6-3-2-4-7-22/h2-4,6-7,9-12,19H,5,8,13-18H2,1H3. The van der Waals surface area contributed by atoms with E-state index in [0.29, 0.717) is 18.5 Å². The van der Waals surface area contributed by atoms with E-state index < -0.39 is 22.1 Å². The molecule has 2 saturated heterocycles. The zero-order valence-corrected chi connectivity index (χ0v) is 20.4. The van der Waals surface area contributed by atoms with Gasteiger partial charge in [0.05, 0.1) is 10.5 Å². The SMILES string of the molecule is CC(OC(=O)c1ccc(CN2CCCC2=O)cc1)C(=O)N1CCN(S(=O)(=O)c2ccccc2)CC1. The van der Waals surface area contributed by atoms with Crippen molar-refractivity contribution < 1.29 is 27.5 Å². The predicted octanol–water partition coefficient (Wildman–Crippen LogP) is 1.89. The van der Waals surface area contributed by atoms with Gasteiger partial charge in [-0.05, 0) is 43.2 Å². The molecular formula is C25H29N3O6S. The number of ether oxygens (including phenoxy) is 1. The van der Waals surface area contributed by atoms with Crippen molar-refractivity contribution in [3.8, 4) is 0 Å². The zero-order chi connectivity index (χ0) is 25.0. The summed E-state index contributed by atoms with van der Waals surface area (Å²) in [6, 6.07) is 15.0. The van der Waals surface area contributed by atoms with Gasteiger partial charge in [-0.15, -0.1) is 0 Å². The third-order valence-corrected chi connectivity index (χ3v) is 8.21. The second kappa shape index (κ2) is 10.6. The summed E-state index contributed by atoms with van der Waals surface area (Å²) >= 11 is 0. The molecule has 0 bridgehead atoms. The molecule has 0 spiro atoms. The fraction of sp³-hybridized carbons (Fsp3) is 0.400. The first-order chi connectivity index (χ1) is 16.8. The van der Waals surface area contributed by atoms with Gasteiger partial charge in [0.15, 0.2) is 6.10 Å². The van der Waals surface area contributed by atoms with Gasteiger partial charge in [-0.2, -0.15) is 4.31 Å². The highest BCUT2D eigenvalue weighted by molar-refractivity contribution is 7.89.